The zero-order valence-electron chi connectivity index (χ0n) is 13.3. The molecule has 0 aliphatic carbocycles. The van der Waals surface area contributed by atoms with Crippen LogP contribution in [0.2, 0.25) is 0 Å². The Labute approximate surface area is 141 Å². The van der Waals surface area contributed by atoms with Crippen LogP contribution in [0.25, 0.3) is 0 Å². The second kappa shape index (κ2) is 6.63. The lowest BCUT2D eigenvalue weighted by atomic mass is 10.2. The van der Waals surface area contributed by atoms with Crippen molar-refractivity contribution in [2.75, 3.05) is 10.6 Å². The van der Waals surface area contributed by atoms with Crippen molar-refractivity contribution in [2.45, 2.75) is 13.8 Å². The van der Waals surface area contributed by atoms with Crippen LogP contribution in [0.3, 0.4) is 0 Å². The number of carbonyl (C=O) groups excluding carboxylic acids is 1. The van der Waals surface area contributed by atoms with Crippen molar-refractivity contribution in [3.05, 3.63) is 59.2 Å². The Bertz CT molecular complexity index is 922. The number of carbonyl (C=O) groups is 1. The lowest BCUT2D eigenvalue weighted by molar-refractivity contribution is 0.102. The summed E-state index contributed by atoms with van der Waals surface area (Å²) in [6.45, 7) is 3.24. The van der Waals surface area contributed by atoms with E-state index in [1.165, 1.54) is 12.1 Å². The fourth-order valence-electron chi connectivity index (χ4n) is 2.10. The third kappa shape index (κ3) is 3.77. The van der Waals surface area contributed by atoms with Gasteiger partial charge in [-0.3, -0.25) is 4.79 Å². The van der Waals surface area contributed by atoms with Crippen molar-refractivity contribution >= 4 is 23.2 Å². The molecule has 9 heteroatoms. The summed E-state index contributed by atoms with van der Waals surface area (Å²) in [4.78, 5) is 20.3. The molecule has 1 amide bonds. The summed E-state index contributed by atoms with van der Waals surface area (Å²) in [5.41, 5.74) is -0.355. The highest BCUT2D eigenvalue weighted by atomic mass is 19.1. The smallest absolute Gasteiger partial charge is 0.275 e. The standard InChI is InChI=1S/C16H13F2N5O2/c1-8-6-14(23-25-8)22-16(24)12-7-13(20-9(2)19-12)21-15-10(17)4-3-5-11(15)18/h3-7H,1-2H3,(H,19,20,21)(H,22,23,24). The fourth-order valence-corrected chi connectivity index (χ4v) is 2.10. The van der Waals surface area contributed by atoms with Gasteiger partial charge in [0.25, 0.3) is 5.91 Å². The maximum absolute atomic E-state index is 13.7. The molecule has 0 saturated carbocycles. The van der Waals surface area contributed by atoms with Gasteiger partial charge in [-0.25, -0.2) is 18.7 Å². The molecule has 1 aromatic carbocycles. The highest BCUT2D eigenvalue weighted by Crippen LogP contribution is 2.22. The van der Waals surface area contributed by atoms with Gasteiger partial charge >= 0.3 is 0 Å². The number of anilines is 3. The van der Waals surface area contributed by atoms with E-state index in [4.69, 9.17) is 4.52 Å². The van der Waals surface area contributed by atoms with E-state index in [0.717, 1.165) is 12.1 Å². The number of hydrogen-bond donors (Lipinski definition) is 2. The minimum Gasteiger partial charge on any atom is -0.360 e. The zero-order chi connectivity index (χ0) is 18.0. The molecule has 0 aliphatic rings. The van der Waals surface area contributed by atoms with Gasteiger partial charge in [0.15, 0.2) is 5.82 Å². The van der Waals surface area contributed by atoms with Gasteiger partial charge in [-0.2, -0.15) is 0 Å². The van der Waals surface area contributed by atoms with Crippen molar-refractivity contribution < 1.29 is 18.1 Å². The van der Waals surface area contributed by atoms with Gasteiger partial charge in [0, 0.05) is 12.1 Å². The normalized spacial score (nSPS) is 10.6. The lowest BCUT2D eigenvalue weighted by Gasteiger charge is -2.10. The van der Waals surface area contributed by atoms with Crippen molar-refractivity contribution in [3.63, 3.8) is 0 Å². The third-order valence-electron chi connectivity index (χ3n) is 3.16. The second-order valence-corrected chi connectivity index (χ2v) is 5.18. The van der Waals surface area contributed by atoms with E-state index in [1.54, 1.807) is 19.9 Å². The van der Waals surface area contributed by atoms with Crippen molar-refractivity contribution in [2.24, 2.45) is 0 Å². The Hall–Kier alpha value is -3.36. The Morgan fingerprint density at radius 3 is 2.44 bits per heavy atom. The first-order chi connectivity index (χ1) is 11.9. The molecule has 7 nitrogen and oxygen atoms in total. The largest absolute Gasteiger partial charge is 0.360 e. The summed E-state index contributed by atoms with van der Waals surface area (Å²) in [6, 6.07) is 6.29. The van der Waals surface area contributed by atoms with E-state index in [2.05, 4.69) is 25.8 Å². The van der Waals surface area contributed by atoms with Crippen LogP contribution in [-0.4, -0.2) is 21.0 Å². The first kappa shape index (κ1) is 16.5. The Kier molecular flexibility index (Phi) is 4.38. The molecule has 0 bridgehead atoms. The molecule has 25 heavy (non-hydrogen) atoms. The van der Waals surface area contributed by atoms with E-state index >= 15 is 0 Å². The van der Waals surface area contributed by atoms with Gasteiger partial charge in [-0.1, -0.05) is 11.2 Å². The minimum atomic E-state index is -0.777. The Morgan fingerprint density at radius 2 is 1.80 bits per heavy atom. The van der Waals surface area contributed by atoms with Crippen LogP contribution >= 0.6 is 0 Å². The molecule has 0 spiro atoms. The summed E-state index contributed by atoms with van der Waals surface area (Å²) in [5, 5.41) is 8.69. The van der Waals surface area contributed by atoms with Crippen molar-refractivity contribution in [3.8, 4) is 0 Å². The van der Waals surface area contributed by atoms with Gasteiger partial charge in [-0.05, 0) is 26.0 Å². The molecule has 2 aromatic heterocycles. The van der Waals surface area contributed by atoms with E-state index in [0.29, 0.717) is 5.76 Å². The van der Waals surface area contributed by atoms with Crippen LogP contribution < -0.4 is 10.6 Å². The molecule has 2 N–H and O–H groups in total. The predicted molar refractivity (Wildman–Crippen MR) is 85.6 cm³/mol. The average Bonchev–Trinajstić information content (AvgIpc) is 2.95. The number of hydrogen-bond acceptors (Lipinski definition) is 6. The molecule has 0 atom stereocenters. The van der Waals surface area contributed by atoms with Gasteiger partial charge < -0.3 is 15.2 Å². The average molecular weight is 345 g/mol. The molecular formula is C16H13F2N5O2. The number of aryl methyl sites for hydroxylation is 2. The third-order valence-corrected chi connectivity index (χ3v) is 3.16. The minimum absolute atomic E-state index is 0.00685. The highest BCUT2D eigenvalue weighted by Gasteiger charge is 2.15. The van der Waals surface area contributed by atoms with Crippen LogP contribution in [0.15, 0.2) is 34.9 Å². The molecular weight excluding hydrogens is 332 g/mol. The number of para-hydroxylation sites is 1. The molecule has 0 radical (unpaired) electrons. The topological polar surface area (TPSA) is 92.9 Å². The maximum Gasteiger partial charge on any atom is 0.275 e. The highest BCUT2D eigenvalue weighted by molar-refractivity contribution is 6.02. The number of halogens is 2. The molecule has 128 valence electrons. The summed E-state index contributed by atoms with van der Waals surface area (Å²) in [5.74, 6) is -1.02. The molecule has 0 saturated heterocycles. The summed E-state index contributed by atoms with van der Waals surface area (Å²) < 4.78 is 32.3. The summed E-state index contributed by atoms with van der Waals surface area (Å²) in [7, 11) is 0. The van der Waals surface area contributed by atoms with Gasteiger partial charge in [0.2, 0.25) is 0 Å². The van der Waals surface area contributed by atoms with E-state index in [1.807, 2.05) is 0 Å². The first-order valence-corrected chi connectivity index (χ1v) is 7.24. The second-order valence-electron chi connectivity index (χ2n) is 5.18. The molecule has 3 rings (SSSR count). The summed E-state index contributed by atoms with van der Waals surface area (Å²) in [6.07, 6.45) is 0. The van der Waals surface area contributed by atoms with Crippen LogP contribution in [0.1, 0.15) is 22.1 Å². The number of rotatable bonds is 4. The molecule has 2 heterocycles. The number of amides is 1. The molecule has 0 fully saturated rings. The van der Waals surface area contributed by atoms with Crippen LogP contribution in [0.5, 0.6) is 0 Å². The lowest BCUT2D eigenvalue weighted by Crippen LogP contribution is -2.15. The predicted octanol–water partition coefficient (Wildman–Crippen LogP) is 3.36. The molecule has 0 aliphatic heterocycles. The Balaban J connectivity index is 1.86. The van der Waals surface area contributed by atoms with Gasteiger partial charge in [0.05, 0.1) is 0 Å². The maximum atomic E-state index is 13.7. The van der Waals surface area contributed by atoms with Crippen LogP contribution in [0, 0.1) is 25.5 Å². The fraction of sp³-hybridized carbons (Fsp3) is 0.125. The monoisotopic (exact) mass is 345 g/mol. The van der Waals surface area contributed by atoms with E-state index < -0.39 is 17.5 Å². The van der Waals surface area contributed by atoms with E-state index in [-0.39, 0.29) is 28.8 Å². The number of benzene rings is 1. The number of nitrogens with one attached hydrogen (secondary N) is 2. The molecule has 3 aromatic rings. The number of aromatic nitrogens is 3. The zero-order valence-corrected chi connectivity index (χ0v) is 13.3. The Morgan fingerprint density at radius 1 is 1.08 bits per heavy atom. The van der Waals surface area contributed by atoms with Gasteiger partial charge in [-0.15, -0.1) is 0 Å². The van der Waals surface area contributed by atoms with E-state index in [9.17, 15) is 13.6 Å². The first-order valence-electron chi connectivity index (χ1n) is 7.24. The van der Waals surface area contributed by atoms with Crippen molar-refractivity contribution in [1.29, 1.82) is 0 Å². The van der Waals surface area contributed by atoms with Crippen LogP contribution in [0.4, 0.5) is 26.1 Å². The van der Waals surface area contributed by atoms with Gasteiger partial charge in [0.1, 0.15) is 40.4 Å². The summed E-state index contributed by atoms with van der Waals surface area (Å²) >= 11 is 0. The molecule has 0 unspecified atom stereocenters. The number of nitrogens with zero attached hydrogens (tertiary/aromatic N) is 3. The van der Waals surface area contributed by atoms with Crippen LogP contribution in [-0.2, 0) is 0 Å². The van der Waals surface area contributed by atoms with Crippen molar-refractivity contribution in [1.82, 2.24) is 15.1 Å². The SMILES string of the molecule is Cc1nc(Nc2c(F)cccc2F)cc(C(=O)Nc2cc(C)on2)n1. The quantitative estimate of drug-likeness (QED) is 0.753.